The maximum absolute atomic E-state index is 13.0. The van der Waals surface area contributed by atoms with E-state index < -0.39 is 25.9 Å². The van der Waals surface area contributed by atoms with Gasteiger partial charge in [0.15, 0.2) is 9.84 Å². The number of benzene rings is 2. The molecule has 1 aliphatic carbocycles. The fourth-order valence-corrected chi connectivity index (χ4v) is 6.32. The summed E-state index contributed by atoms with van der Waals surface area (Å²) in [5.41, 5.74) is 3.52. The van der Waals surface area contributed by atoms with Crippen LogP contribution in [0.5, 0.6) is 0 Å². The van der Waals surface area contributed by atoms with Crippen LogP contribution in [0.1, 0.15) is 34.0 Å². The molecule has 152 valence electrons. The lowest BCUT2D eigenvalue weighted by atomic mass is 10.0. The van der Waals surface area contributed by atoms with Crippen LogP contribution in [0.4, 0.5) is 0 Å². The second-order valence-electron chi connectivity index (χ2n) is 7.19. The Hall–Kier alpha value is -2.00. The SMILES string of the molecule is CS(=O)(=O)c1ccc(S(=O)(=O)NC(c2ccc3c(c2)CCC3)c2cccs2)cc1. The maximum atomic E-state index is 13.0. The highest BCUT2D eigenvalue weighted by molar-refractivity contribution is 7.90. The van der Waals surface area contributed by atoms with E-state index in [1.165, 1.54) is 46.7 Å². The highest BCUT2D eigenvalue weighted by Gasteiger charge is 2.25. The Bertz CT molecular complexity index is 1230. The van der Waals surface area contributed by atoms with E-state index in [9.17, 15) is 16.8 Å². The largest absolute Gasteiger partial charge is 0.241 e. The van der Waals surface area contributed by atoms with Crippen LogP contribution in [0.25, 0.3) is 0 Å². The van der Waals surface area contributed by atoms with Crippen molar-refractivity contribution in [3.8, 4) is 0 Å². The Morgan fingerprint density at radius 1 is 0.897 bits per heavy atom. The molecule has 1 N–H and O–H groups in total. The minimum absolute atomic E-state index is 0.0348. The maximum Gasteiger partial charge on any atom is 0.241 e. The summed E-state index contributed by atoms with van der Waals surface area (Å²) in [5.74, 6) is 0. The number of sulfonamides is 1. The van der Waals surface area contributed by atoms with Gasteiger partial charge in [-0.3, -0.25) is 0 Å². The summed E-state index contributed by atoms with van der Waals surface area (Å²) in [6.45, 7) is 0. The predicted molar refractivity (Wildman–Crippen MR) is 115 cm³/mol. The topological polar surface area (TPSA) is 80.3 Å². The zero-order valence-corrected chi connectivity index (χ0v) is 18.3. The third-order valence-electron chi connectivity index (χ3n) is 5.12. The lowest BCUT2D eigenvalue weighted by Crippen LogP contribution is -2.29. The Balaban J connectivity index is 1.69. The van der Waals surface area contributed by atoms with E-state index in [1.54, 1.807) is 0 Å². The molecule has 29 heavy (non-hydrogen) atoms. The molecule has 0 saturated heterocycles. The summed E-state index contributed by atoms with van der Waals surface area (Å²) in [7, 11) is -7.23. The summed E-state index contributed by atoms with van der Waals surface area (Å²) >= 11 is 1.49. The number of hydrogen-bond acceptors (Lipinski definition) is 5. The van der Waals surface area contributed by atoms with E-state index in [2.05, 4.69) is 16.9 Å². The van der Waals surface area contributed by atoms with Gasteiger partial charge in [0, 0.05) is 11.1 Å². The van der Waals surface area contributed by atoms with Crippen molar-refractivity contribution in [3.05, 3.63) is 81.5 Å². The Kier molecular flexibility index (Phi) is 5.37. The van der Waals surface area contributed by atoms with Crippen molar-refractivity contribution in [2.24, 2.45) is 0 Å². The smallest absolute Gasteiger partial charge is 0.224 e. The highest BCUT2D eigenvalue weighted by Crippen LogP contribution is 2.31. The van der Waals surface area contributed by atoms with Gasteiger partial charge in [-0.15, -0.1) is 11.3 Å². The molecule has 4 rings (SSSR count). The van der Waals surface area contributed by atoms with E-state index in [0.717, 1.165) is 36.0 Å². The lowest BCUT2D eigenvalue weighted by molar-refractivity contribution is 0.572. The van der Waals surface area contributed by atoms with Gasteiger partial charge in [0.25, 0.3) is 0 Å². The summed E-state index contributed by atoms with van der Waals surface area (Å²) in [5, 5.41) is 1.92. The lowest BCUT2D eigenvalue weighted by Gasteiger charge is -2.19. The first-order valence-corrected chi connectivity index (χ1v) is 13.5. The molecule has 1 atom stereocenters. The molecule has 2 aromatic carbocycles. The second-order valence-corrected chi connectivity index (χ2v) is 11.9. The van der Waals surface area contributed by atoms with Gasteiger partial charge in [-0.05, 0) is 71.7 Å². The summed E-state index contributed by atoms with van der Waals surface area (Å²) in [6.07, 6.45) is 4.30. The quantitative estimate of drug-likeness (QED) is 0.625. The molecule has 1 aliphatic rings. The number of thiophene rings is 1. The van der Waals surface area contributed by atoms with Gasteiger partial charge >= 0.3 is 0 Å². The number of rotatable bonds is 6. The van der Waals surface area contributed by atoms with Crippen molar-refractivity contribution in [2.45, 2.75) is 35.1 Å². The summed E-state index contributed by atoms with van der Waals surface area (Å²) < 4.78 is 52.2. The molecule has 0 spiro atoms. The van der Waals surface area contributed by atoms with E-state index in [4.69, 9.17) is 0 Å². The van der Waals surface area contributed by atoms with Gasteiger partial charge < -0.3 is 0 Å². The fraction of sp³-hybridized carbons (Fsp3) is 0.238. The molecule has 3 aromatic rings. The molecule has 0 fully saturated rings. The Morgan fingerprint density at radius 2 is 1.59 bits per heavy atom. The summed E-state index contributed by atoms with van der Waals surface area (Å²) in [4.78, 5) is 1.02. The molecule has 0 bridgehead atoms. The molecular formula is C21H21NO4S3. The van der Waals surface area contributed by atoms with Crippen LogP contribution in [0.15, 0.2) is 69.8 Å². The van der Waals surface area contributed by atoms with Crippen LogP contribution in [0, 0.1) is 0 Å². The zero-order chi connectivity index (χ0) is 20.6. The number of aryl methyl sites for hydroxylation is 2. The minimum Gasteiger partial charge on any atom is -0.224 e. The molecule has 1 aromatic heterocycles. The van der Waals surface area contributed by atoms with E-state index >= 15 is 0 Å². The molecule has 0 radical (unpaired) electrons. The number of fused-ring (bicyclic) bond motifs is 1. The first-order chi connectivity index (χ1) is 13.7. The van der Waals surface area contributed by atoms with Crippen LogP contribution in [0.3, 0.4) is 0 Å². The number of hydrogen-bond donors (Lipinski definition) is 1. The third-order valence-corrected chi connectivity index (χ3v) is 8.62. The number of nitrogens with one attached hydrogen (secondary N) is 1. The van der Waals surface area contributed by atoms with Crippen LogP contribution >= 0.6 is 11.3 Å². The first kappa shape index (κ1) is 20.3. The van der Waals surface area contributed by atoms with Crippen LogP contribution in [0.2, 0.25) is 0 Å². The average molecular weight is 448 g/mol. The van der Waals surface area contributed by atoms with E-state index in [-0.39, 0.29) is 9.79 Å². The molecular weight excluding hydrogens is 426 g/mol. The van der Waals surface area contributed by atoms with Gasteiger partial charge in [0.1, 0.15) is 0 Å². The highest BCUT2D eigenvalue weighted by atomic mass is 32.2. The molecule has 0 aliphatic heterocycles. The van der Waals surface area contributed by atoms with Crippen molar-refractivity contribution >= 4 is 31.2 Å². The van der Waals surface area contributed by atoms with Crippen molar-refractivity contribution in [1.29, 1.82) is 0 Å². The van der Waals surface area contributed by atoms with Crippen LogP contribution in [-0.4, -0.2) is 23.1 Å². The first-order valence-electron chi connectivity index (χ1n) is 9.21. The monoisotopic (exact) mass is 447 g/mol. The number of sulfone groups is 1. The van der Waals surface area contributed by atoms with Gasteiger partial charge in [-0.1, -0.05) is 24.3 Å². The Labute approximate surface area is 175 Å². The molecule has 1 unspecified atom stereocenters. The molecule has 0 amide bonds. The molecule has 8 heteroatoms. The zero-order valence-electron chi connectivity index (χ0n) is 15.8. The van der Waals surface area contributed by atoms with Gasteiger partial charge in [0.05, 0.1) is 15.8 Å². The molecule has 5 nitrogen and oxygen atoms in total. The van der Waals surface area contributed by atoms with Gasteiger partial charge in [-0.2, -0.15) is 4.72 Å². The fourth-order valence-electron chi connectivity index (χ4n) is 3.61. The van der Waals surface area contributed by atoms with Crippen molar-refractivity contribution in [2.75, 3.05) is 6.26 Å². The van der Waals surface area contributed by atoms with Crippen molar-refractivity contribution < 1.29 is 16.8 Å². The third kappa shape index (κ3) is 4.30. The normalized spacial score (nSPS) is 15.2. The van der Waals surface area contributed by atoms with Gasteiger partial charge in [-0.25, -0.2) is 16.8 Å². The van der Waals surface area contributed by atoms with Crippen molar-refractivity contribution in [1.82, 2.24) is 4.72 Å². The Morgan fingerprint density at radius 3 is 2.24 bits per heavy atom. The van der Waals surface area contributed by atoms with Crippen LogP contribution in [-0.2, 0) is 32.7 Å². The average Bonchev–Trinajstić information content (AvgIpc) is 3.37. The van der Waals surface area contributed by atoms with E-state index in [1.807, 2.05) is 23.6 Å². The van der Waals surface area contributed by atoms with Gasteiger partial charge in [0.2, 0.25) is 10.0 Å². The predicted octanol–water partition coefficient (Wildman–Crippen LogP) is 3.71. The van der Waals surface area contributed by atoms with Crippen molar-refractivity contribution in [3.63, 3.8) is 0 Å². The minimum atomic E-state index is -3.85. The van der Waals surface area contributed by atoms with Crippen LogP contribution < -0.4 is 4.72 Å². The molecule has 0 saturated carbocycles. The summed E-state index contributed by atoms with van der Waals surface area (Å²) in [6, 6.07) is 14.8. The van der Waals surface area contributed by atoms with E-state index in [0.29, 0.717) is 0 Å². The second kappa shape index (κ2) is 7.68. The molecule has 1 heterocycles. The standard InChI is InChI=1S/C21H21NO4S3/c1-28(23,24)18-9-11-19(12-10-18)29(25,26)22-21(20-6-3-13-27-20)17-8-7-15-4-2-5-16(15)14-17/h3,6-14,21-22H,2,4-5H2,1H3.